The highest BCUT2D eigenvalue weighted by molar-refractivity contribution is 7.89. The molecule has 154 valence electrons. The zero-order valence-corrected chi connectivity index (χ0v) is 18.0. The number of carbonyl (C=O) groups excluding carboxylic acids is 1. The Bertz CT molecular complexity index is 732. The third-order valence-electron chi connectivity index (χ3n) is 5.20. The first-order valence-electron chi connectivity index (χ1n) is 9.44. The van der Waals surface area contributed by atoms with Crippen molar-refractivity contribution in [2.45, 2.75) is 63.8 Å². The first-order chi connectivity index (χ1) is 12.3. The zero-order valence-electron chi connectivity index (χ0n) is 16.4. The van der Waals surface area contributed by atoms with E-state index >= 15 is 0 Å². The predicted molar refractivity (Wildman–Crippen MR) is 112 cm³/mol. The lowest BCUT2D eigenvalue weighted by atomic mass is 9.99. The first kappa shape index (κ1) is 23.9. The summed E-state index contributed by atoms with van der Waals surface area (Å²) in [5.41, 5.74) is 7.11. The van der Waals surface area contributed by atoms with E-state index < -0.39 is 16.1 Å². The van der Waals surface area contributed by atoms with E-state index in [2.05, 4.69) is 5.32 Å². The normalized spacial score (nSPS) is 18.1. The van der Waals surface area contributed by atoms with Crippen LogP contribution in [-0.2, 0) is 14.8 Å². The molecule has 0 aliphatic carbocycles. The lowest BCUT2D eigenvalue weighted by Crippen LogP contribution is -2.40. The number of carbonyl (C=O) groups is 1. The molecule has 1 amide bonds. The number of nitrogens with two attached hydrogens (primary N) is 1. The third-order valence-corrected chi connectivity index (χ3v) is 7.24. The monoisotopic (exact) mass is 417 g/mol. The Morgan fingerprint density at radius 3 is 2.37 bits per heavy atom. The highest BCUT2D eigenvalue weighted by atomic mass is 35.5. The number of rotatable bonds is 6. The second-order valence-electron chi connectivity index (χ2n) is 7.20. The molecule has 0 saturated carbocycles. The van der Waals surface area contributed by atoms with Crippen molar-refractivity contribution in [2.75, 3.05) is 18.4 Å². The number of anilines is 1. The molecule has 6 nitrogen and oxygen atoms in total. The minimum Gasteiger partial charge on any atom is -0.325 e. The summed E-state index contributed by atoms with van der Waals surface area (Å²) in [4.78, 5) is 12.6. The van der Waals surface area contributed by atoms with Crippen molar-refractivity contribution in [3.05, 3.63) is 23.8 Å². The van der Waals surface area contributed by atoms with E-state index in [0.717, 1.165) is 32.1 Å². The van der Waals surface area contributed by atoms with Gasteiger partial charge in [0.15, 0.2) is 0 Å². The standard InChI is InChI=1S/C19H31N3O3S.ClH/c1-4-14(2)18(20)19(23)21-16-10-9-15(3)17(13-16)26(24,25)22-11-7-5-6-8-12-22;/h9-10,13-14,18H,4-8,11-12,20H2,1-3H3,(H,21,23);1H. The van der Waals surface area contributed by atoms with Crippen LogP contribution in [0.1, 0.15) is 51.5 Å². The highest BCUT2D eigenvalue weighted by Crippen LogP contribution is 2.26. The summed E-state index contributed by atoms with van der Waals surface area (Å²) in [7, 11) is -3.56. The summed E-state index contributed by atoms with van der Waals surface area (Å²) < 4.78 is 27.7. The smallest absolute Gasteiger partial charge is 0.243 e. The summed E-state index contributed by atoms with van der Waals surface area (Å²) >= 11 is 0. The number of hydrogen-bond acceptors (Lipinski definition) is 4. The van der Waals surface area contributed by atoms with Crippen LogP contribution in [-0.4, -0.2) is 37.8 Å². The van der Waals surface area contributed by atoms with Crippen LogP contribution < -0.4 is 11.1 Å². The van der Waals surface area contributed by atoms with E-state index in [1.165, 1.54) is 0 Å². The summed E-state index contributed by atoms with van der Waals surface area (Å²) in [6, 6.07) is 4.39. The quantitative estimate of drug-likeness (QED) is 0.742. The molecule has 1 saturated heterocycles. The molecule has 3 N–H and O–H groups in total. The van der Waals surface area contributed by atoms with Gasteiger partial charge in [-0.2, -0.15) is 4.31 Å². The van der Waals surface area contributed by atoms with Crippen molar-refractivity contribution in [2.24, 2.45) is 11.7 Å². The number of halogens is 1. The Labute approximate surface area is 169 Å². The maximum Gasteiger partial charge on any atom is 0.243 e. The largest absolute Gasteiger partial charge is 0.325 e. The fourth-order valence-corrected chi connectivity index (χ4v) is 4.88. The van der Waals surface area contributed by atoms with Gasteiger partial charge in [0.05, 0.1) is 10.9 Å². The summed E-state index contributed by atoms with van der Waals surface area (Å²) in [6.45, 7) is 6.79. The van der Waals surface area contributed by atoms with Gasteiger partial charge in [-0.1, -0.05) is 39.2 Å². The lowest BCUT2D eigenvalue weighted by Gasteiger charge is -2.22. The average molecular weight is 418 g/mol. The Morgan fingerprint density at radius 2 is 1.81 bits per heavy atom. The highest BCUT2D eigenvalue weighted by Gasteiger charge is 2.27. The molecule has 1 aliphatic heterocycles. The number of nitrogens with one attached hydrogen (secondary N) is 1. The Balaban J connectivity index is 0.00000364. The molecule has 1 fully saturated rings. The van der Waals surface area contributed by atoms with Gasteiger partial charge in [-0.3, -0.25) is 4.79 Å². The van der Waals surface area contributed by atoms with Crippen LogP contribution in [0.15, 0.2) is 23.1 Å². The van der Waals surface area contributed by atoms with Gasteiger partial charge < -0.3 is 11.1 Å². The van der Waals surface area contributed by atoms with Crippen LogP contribution in [0.4, 0.5) is 5.69 Å². The maximum atomic E-state index is 13.1. The van der Waals surface area contributed by atoms with Crippen LogP contribution >= 0.6 is 12.4 Å². The molecule has 0 bridgehead atoms. The van der Waals surface area contributed by atoms with E-state index in [0.29, 0.717) is 24.3 Å². The van der Waals surface area contributed by atoms with Gasteiger partial charge in [-0.05, 0) is 43.4 Å². The van der Waals surface area contributed by atoms with E-state index in [9.17, 15) is 13.2 Å². The molecule has 2 unspecified atom stereocenters. The molecular formula is C19H32ClN3O3S. The number of hydrogen-bond donors (Lipinski definition) is 2. The minimum absolute atomic E-state index is 0. The predicted octanol–water partition coefficient (Wildman–Crippen LogP) is 3.29. The Morgan fingerprint density at radius 1 is 1.22 bits per heavy atom. The number of amides is 1. The molecule has 1 aromatic rings. The minimum atomic E-state index is -3.56. The fourth-order valence-electron chi connectivity index (χ4n) is 3.11. The van der Waals surface area contributed by atoms with Crippen LogP contribution in [0.5, 0.6) is 0 Å². The molecule has 2 rings (SSSR count). The van der Waals surface area contributed by atoms with Gasteiger partial charge in [0, 0.05) is 18.8 Å². The van der Waals surface area contributed by atoms with Crippen molar-refractivity contribution < 1.29 is 13.2 Å². The summed E-state index contributed by atoms with van der Waals surface area (Å²) in [6.07, 6.45) is 4.71. The van der Waals surface area contributed by atoms with Crippen LogP contribution in [0.2, 0.25) is 0 Å². The molecule has 8 heteroatoms. The van der Waals surface area contributed by atoms with Gasteiger partial charge in [0.25, 0.3) is 0 Å². The first-order valence-corrected chi connectivity index (χ1v) is 10.9. The molecule has 1 aliphatic rings. The summed E-state index contributed by atoms with van der Waals surface area (Å²) in [5.74, 6) is -0.234. The zero-order chi connectivity index (χ0) is 19.3. The number of aryl methyl sites for hydroxylation is 1. The van der Waals surface area contributed by atoms with Crippen LogP contribution in [0.3, 0.4) is 0 Å². The average Bonchev–Trinajstić information content (AvgIpc) is 2.91. The number of benzene rings is 1. The molecule has 0 aromatic heterocycles. The van der Waals surface area contributed by atoms with Gasteiger partial charge >= 0.3 is 0 Å². The molecular weight excluding hydrogens is 386 g/mol. The molecule has 27 heavy (non-hydrogen) atoms. The topological polar surface area (TPSA) is 92.5 Å². The van der Waals surface area contributed by atoms with Crippen LogP contribution in [0, 0.1) is 12.8 Å². The second-order valence-corrected chi connectivity index (χ2v) is 9.11. The van der Waals surface area contributed by atoms with Gasteiger partial charge in [-0.15, -0.1) is 12.4 Å². The summed E-state index contributed by atoms with van der Waals surface area (Å²) in [5, 5.41) is 2.76. The molecule has 1 aromatic carbocycles. The van der Waals surface area contributed by atoms with Gasteiger partial charge in [0.1, 0.15) is 0 Å². The number of nitrogens with zero attached hydrogens (tertiary/aromatic N) is 1. The number of sulfonamides is 1. The van der Waals surface area contributed by atoms with Crippen molar-refractivity contribution in [1.29, 1.82) is 0 Å². The van der Waals surface area contributed by atoms with Crippen molar-refractivity contribution in [1.82, 2.24) is 4.31 Å². The SMILES string of the molecule is CCC(C)C(N)C(=O)Nc1ccc(C)c(S(=O)(=O)N2CCCCCC2)c1.Cl. The second kappa shape index (κ2) is 10.4. The van der Waals surface area contributed by atoms with E-state index in [1.807, 2.05) is 13.8 Å². The molecule has 2 atom stereocenters. The van der Waals surface area contributed by atoms with E-state index in [-0.39, 0.29) is 29.1 Å². The van der Waals surface area contributed by atoms with E-state index in [4.69, 9.17) is 5.73 Å². The lowest BCUT2D eigenvalue weighted by molar-refractivity contribution is -0.118. The Hall–Kier alpha value is -1.15. The van der Waals surface area contributed by atoms with Crippen molar-refractivity contribution in [3.63, 3.8) is 0 Å². The van der Waals surface area contributed by atoms with Crippen LogP contribution in [0.25, 0.3) is 0 Å². The Kier molecular flexibility index (Phi) is 9.21. The fraction of sp³-hybridized carbons (Fsp3) is 0.632. The maximum absolute atomic E-state index is 13.1. The molecule has 0 spiro atoms. The van der Waals surface area contributed by atoms with Crippen molar-refractivity contribution >= 4 is 34.0 Å². The van der Waals surface area contributed by atoms with Crippen molar-refractivity contribution in [3.8, 4) is 0 Å². The molecule has 1 heterocycles. The van der Waals surface area contributed by atoms with Gasteiger partial charge in [-0.25, -0.2) is 8.42 Å². The van der Waals surface area contributed by atoms with E-state index in [1.54, 1.807) is 29.4 Å². The third kappa shape index (κ3) is 5.91. The molecule has 0 radical (unpaired) electrons. The van der Waals surface area contributed by atoms with Gasteiger partial charge in [0.2, 0.25) is 15.9 Å².